The second-order valence-corrected chi connectivity index (χ2v) is 5.03. The van der Waals surface area contributed by atoms with Gasteiger partial charge in [-0.25, -0.2) is 0 Å². The molecule has 4 heteroatoms. The molecule has 0 bridgehead atoms. The van der Waals surface area contributed by atoms with Crippen LogP contribution in [0.4, 0.5) is 0 Å². The van der Waals surface area contributed by atoms with E-state index in [-0.39, 0.29) is 0 Å². The van der Waals surface area contributed by atoms with E-state index in [1.54, 1.807) is 0 Å². The van der Waals surface area contributed by atoms with E-state index in [9.17, 15) is 0 Å². The Balaban J connectivity index is 3.40. The van der Waals surface area contributed by atoms with Crippen LogP contribution in [0.15, 0.2) is 0 Å². The second-order valence-electron chi connectivity index (χ2n) is 3.40. The van der Waals surface area contributed by atoms with Gasteiger partial charge in [0.25, 0.3) is 0 Å². The first-order valence-electron chi connectivity index (χ1n) is 5.38. The second kappa shape index (κ2) is 9.85. The van der Waals surface area contributed by atoms with Gasteiger partial charge in [0.1, 0.15) is 0 Å². The van der Waals surface area contributed by atoms with Crippen molar-refractivity contribution < 1.29 is 9.05 Å². The molecule has 0 aromatic carbocycles. The monoisotopic (exact) mass is 221 g/mol. The molecule has 0 fully saturated rings. The summed E-state index contributed by atoms with van der Waals surface area (Å²) in [6.07, 6.45) is 3.50. The molecule has 0 amide bonds. The van der Waals surface area contributed by atoms with Crippen LogP contribution in [0.25, 0.3) is 0 Å². The summed E-state index contributed by atoms with van der Waals surface area (Å²) in [6.45, 7) is 6.72. The molecule has 0 aliphatic heterocycles. The van der Waals surface area contributed by atoms with Gasteiger partial charge in [-0.1, -0.05) is 0 Å². The average molecular weight is 221 g/mol. The number of hydrogen-bond acceptors (Lipinski definition) is 3. The fourth-order valence-corrected chi connectivity index (χ4v) is 2.51. The van der Waals surface area contributed by atoms with Crippen molar-refractivity contribution in [3.05, 3.63) is 0 Å². The van der Waals surface area contributed by atoms with Crippen LogP contribution in [0.1, 0.15) is 26.7 Å². The summed E-state index contributed by atoms with van der Waals surface area (Å²) in [5.41, 5.74) is 0. The van der Waals surface area contributed by atoms with Gasteiger partial charge in [-0.15, -0.1) is 0 Å². The maximum absolute atomic E-state index is 5.52. The minimum atomic E-state index is -0.610. The normalized spacial score (nSPS) is 11.6. The van der Waals surface area contributed by atoms with Crippen molar-refractivity contribution in [2.45, 2.75) is 26.7 Å². The first-order chi connectivity index (χ1) is 6.70. The molecular weight excluding hydrogens is 197 g/mol. The van der Waals surface area contributed by atoms with Crippen LogP contribution in [0.5, 0.6) is 0 Å². The highest BCUT2D eigenvalue weighted by molar-refractivity contribution is 7.47. The molecule has 0 atom stereocenters. The van der Waals surface area contributed by atoms with E-state index in [1.807, 2.05) is 13.8 Å². The maximum atomic E-state index is 5.52. The van der Waals surface area contributed by atoms with Crippen molar-refractivity contribution in [1.82, 2.24) is 4.90 Å². The maximum Gasteiger partial charge on any atom is 0.170 e. The van der Waals surface area contributed by atoms with Gasteiger partial charge in [-0.2, -0.15) is 0 Å². The molecule has 0 saturated heterocycles. The Morgan fingerprint density at radius 2 is 1.57 bits per heavy atom. The van der Waals surface area contributed by atoms with Crippen LogP contribution >= 0.6 is 8.38 Å². The van der Waals surface area contributed by atoms with Crippen molar-refractivity contribution in [2.24, 2.45) is 0 Å². The van der Waals surface area contributed by atoms with Gasteiger partial charge in [0.2, 0.25) is 0 Å². The molecule has 0 saturated carbocycles. The molecule has 0 rings (SSSR count). The van der Waals surface area contributed by atoms with Gasteiger partial charge in [0.15, 0.2) is 8.38 Å². The molecule has 0 heterocycles. The summed E-state index contributed by atoms with van der Waals surface area (Å²) in [7, 11) is 3.60. The largest absolute Gasteiger partial charge is 0.334 e. The molecule has 0 unspecified atom stereocenters. The number of unbranched alkanes of at least 4 members (excludes halogenated alkanes) is 1. The zero-order chi connectivity index (χ0) is 10.8. The topological polar surface area (TPSA) is 21.7 Å². The lowest BCUT2D eigenvalue weighted by Gasteiger charge is -2.16. The van der Waals surface area contributed by atoms with Crippen LogP contribution in [0.3, 0.4) is 0 Å². The van der Waals surface area contributed by atoms with Gasteiger partial charge < -0.3 is 13.9 Å². The highest BCUT2D eigenvalue weighted by Crippen LogP contribution is 2.38. The summed E-state index contributed by atoms with van der Waals surface area (Å²) >= 11 is 0. The summed E-state index contributed by atoms with van der Waals surface area (Å²) in [4.78, 5) is 2.21. The van der Waals surface area contributed by atoms with E-state index in [0.29, 0.717) is 0 Å². The molecule has 0 radical (unpaired) electrons. The van der Waals surface area contributed by atoms with Crippen molar-refractivity contribution in [1.29, 1.82) is 0 Å². The van der Waals surface area contributed by atoms with Crippen LogP contribution in [-0.2, 0) is 9.05 Å². The Morgan fingerprint density at radius 3 is 2.00 bits per heavy atom. The number of hydrogen-bond donors (Lipinski definition) is 0. The molecular formula is C10H24NO2P. The van der Waals surface area contributed by atoms with Gasteiger partial charge in [0, 0.05) is 6.16 Å². The SMILES string of the molecule is CCOP(CCCCN(C)C)OCC. The number of nitrogens with zero attached hydrogens (tertiary/aromatic N) is 1. The lowest BCUT2D eigenvalue weighted by molar-refractivity contribution is 0.268. The third kappa shape index (κ3) is 8.89. The van der Waals surface area contributed by atoms with Crippen LogP contribution < -0.4 is 0 Å². The van der Waals surface area contributed by atoms with Crippen LogP contribution in [0.2, 0.25) is 0 Å². The molecule has 0 N–H and O–H groups in total. The van der Waals surface area contributed by atoms with E-state index in [4.69, 9.17) is 9.05 Å². The summed E-state index contributed by atoms with van der Waals surface area (Å²) in [5.74, 6) is 0. The summed E-state index contributed by atoms with van der Waals surface area (Å²) in [5, 5.41) is 0. The van der Waals surface area contributed by atoms with E-state index in [0.717, 1.165) is 25.9 Å². The quantitative estimate of drug-likeness (QED) is 0.441. The molecule has 0 aliphatic carbocycles. The first kappa shape index (κ1) is 14.3. The molecule has 0 spiro atoms. The number of rotatable bonds is 9. The van der Waals surface area contributed by atoms with E-state index in [1.165, 1.54) is 12.8 Å². The van der Waals surface area contributed by atoms with Gasteiger partial charge >= 0.3 is 0 Å². The highest BCUT2D eigenvalue weighted by atomic mass is 31.2. The van der Waals surface area contributed by atoms with E-state index in [2.05, 4.69) is 19.0 Å². The average Bonchev–Trinajstić information content (AvgIpc) is 2.12. The van der Waals surface area contributed by atoms with Crippen molar-refractivity contribution in [3.63, 3.8) is 0 Å². The van der Waals surface area contributed by atoms with Gasteiger partial charge in [-0.05, 0) is 47.3 Å². The first-order valence-corrected chi connectivity index (χ1v) is 6.75. The molecule has 0 aromatic heterocycles. The van der Waals surface area contributed by atoms with Crippen molar-refractivity contribution >= 4 is 8.38 Å². The summed E-state index contributed by atoms with van der Waals surface area (Å²) in [6, 6.07) is 0. The van der Waals surface area contributed by atoms with Crippen molar-refractivity contribution in [3.8, 4) is 0 Å². The Hall–Kier alpha value is 0.310. The highest BCUT2D eigenvalue weighted by Gasteiger charge is 2.07. The fraction of sp³-hybridized carbons (Fsp3) is 1.00. The third-order valence-corrected chi connectivity index (χ3v) is 3.52. The molecule has 14 heavy (non-hydrogen) atoms. The van der Waals surface area contributed by atoms with Crippen LogP contribution in [-0.4, -0.2) is 44.9 Å². The van der Waals surface area contributed by atoms with E-state index < -0.39 is 8.38 Å². The molecule has 3 nitrogen and oxygen atoms in total. The van der Waals surface area contributed by atoms with Gasteiger partial charge in [0.05, 0.1) is 13.2 Å². The molecule has 86 valence electrons. The zero-order valence-corrected chi connectivity index (χ0v) is 10.8. The lowest BCUT2D eigenvalue weighted by Crippen LogP contribution is -2.13. The van der Waals surface area contributed by atoms with Gasteiger partial charge in [-0.3, -0.25) is 0 Å². The fourth-order valence-electron chi connectivity index (χ4n) is 1.12. The Morgan fingerprint density at radius 1 is 1.00 bits per heavy atom. The summed E-state index contributed by atoms with van der Waals surface area (Å²) < 4.78 is 11.0. The Bertz CT molecular complexity index is 117. The standard InChI is InChI=1S/C10H24NO2P/c1-5-12-14(13-6-2)10-8-7-9-11(3)4/h5-10H2,1-4H3. The van der Waals surface area contributed by atoms with Crippen molar-refractivity contribution in [2.75, 3.05) is 40.0 Å². The molecule has 0 aromatic rings. The lowest BCUT2D eigenvalue weighted by atomic mass is 10.3. The van der Waals surface area contributed by atoms with Crippen LogP contribution in [0, 0.1) is 0 Å². The van der Waals surface area contributed by atoms with E-state index >= 15 is 0 Å². The minimum absolute atomic E-state index is 0.610. The predicted molar refractivity (Wildman–Crippen MR) is 62.8 cm³/mol. The minimum Gasteiger partial charge on any atom is -0.334 e. The predicted octanol–water partition coefficient (Wildman–Crippen LogP) is 2.71. The third-order valence-electron chi connectivity index (χ3n) is 1.74. The smallest absolute Gasteiger partial charge is 0.170 e. The zero-order valence-electron chi connectivity index (χ0n) is 9.95. The molecule has 0 aliphatic rings. The Labute approximate surface area is 89.7 Å². The Kier molecular flexibility index (Phi) is 10.1.